The number of likely N-dealkylation sites (N-methyl/N-ethyl adjacent to an activating group) is 1. The van der Waals surface area contributed by atoms with Crippen LogP contribution < -0.4 is 0 Å². The highest BCUT2D eigenvalue weighted by Gasteiger charge is 2.40. The number of carbonyl (C=O) groups excluding carboxylic acids is 1. The lowest BCUT2D eigenvalue weighted by atomic mass is 9.90. The van der Waals surface area contributed by atoms with Crippen LogP contribution >= 0.6 is 11.3 Å². The Kier molecular flexibility index (Phi) is 8.80. The highest BCUT2D eigenvalue weighted by molar-refractivity contribution is 7.15. The number of aromatic nitrogens is 2. The average Bonchev–Trinajstić information content (AvgIpc) is 3.88. The molecule has 7 rings (SSSR count). The van der Waals surface area contributed by atoms with Gasteiger partial charge in [-0.05, 0) is 93.3 Å². The Bertz CT molecular complexity index is 2170. The number of benzene rings is 3. The molecule has 4 heterocycles. The van der Waals surface area contributed by atoms with Crippen molar-refractivity contribution >= 4 is 34.3 Å². The van der Waals surface area contributed by atoms with Gasteiger partial charge in [-0.1, -0.05) is 37.3 Å². The summed E-state index contributed by atoms with van der Waals surface area (Å²) in [7, 11) is 1.96. The molecule has 3 aromatic carbocycles. The van der Waals surface area contributed by atoms with Crippen molar-refractivity contribution in [2.45, 2.75) is 53.8 Å². The molecule has 1 fully saturated rings. The number of nitrogens with zero attached hydrogens (tertiary/aromatic N) is 6. The second kappa shape index (κ2) is 13.1. The van der Waals surface area contributed by atoms with E-state index in [-0.39, 0.29) is 5.91 Å². The fraction of sp³-hybridized carbons (Fsp3) is 0.359. The molecule has 1 N–H and O–H groups in total. The first-order valence-electron chi connectivity index (χ1n) is 16.9. The second-order valence-electron chi connectivity index (χ2n) is 13.9. The average molecular weight is 689 g/mol. The van der Waals surface area contributed by atoms with E-state index in [9.17, 15) is 20.0 Å². The van der Waals surface area contributed by atoms with Gasteiger partial charge < -0.3 is 14.4 Å². The molecule has 0 radical (unpaired) electrons. The minimum Gasteiger partial charge on any atom is -0.481 e. The molecule has 0 bridgehead atoms. The summed E-state index contributed by atoms with van der Waals surface area (Å²) >= 11 is 1.66. The molecule has 11 heteroatoms. The van der Waals surface area contributed by atoms with Gasteiger partial charge in [0.25, 0.3) is 0 Å². The predicted molar refractivity (Wildman–Crippen MR) is 193 cm³/mol. The van der Waals surface area contributed by atoms with Crippen LogP contribution in [0.1, 0.15) is 53.1 Å². The van der Waals surface area contributed by atoms with Crippen LogP contribution in [0.25, 0.3) is 44.3 Å². The molecular weight excluding hydrogens is 649 g/mol. The third-order valence-electron chi connectivity index (χ3n) is 10.3. The molecule has 2 aliphatic rings. The van der Waals surface area contributed by atoms with Gasteiger partial charge in [0.2, 0.25) is 11.8 Å². The number of rotatable bonds is 9. The first-order chi connectivity index (χ1) is 24.0. The highest BCUT2D eigenvalue weighted by atomic mass is 32.1. The topological polar surface area (TPSA) is 127 Å². The van der Waals surface area contributed by atoms with Crippen molar-refractivity contribution in [3.05, 3.63) is 81.4 Å². The summed E-state index contributed by atoms with van der Waals surface area (Å²) in [6, 6.07) is 18.4. The van der Waals surface area contributed by atoms with Crippen LogP contribution in [0, 0.1) is 30.6 Å². The van der Waals surface area contributed by atoms with Crippen LogP contribution in [0.5, 0.6) is 0 Å². The Balaban J connectivity index is 1.16. The zero-order valence-electron chi connectivity index (χ0n) is 29.0. The Hall–Kier alpha value is -4.89. The first kappa shape index (κ1) is 33.6. The quantitative estimate of drug-likeness (QED) is 0.177. The molecule has 0 spiro atoms. The Morgan fingerprint density at radius 3 is 2.42 bits per heavy atom. The van der Waals surface area contributed by atoms with Crippen molar-refractivity contribution in [2.24, 2.45) is 5.41 Å². The smallest absolute Gasteiger partial charge is 0.310 e. The Morgan fingerprint density at radius 1 is 1.06 bits per heavy atom. The van der Waals surface area contributed by atoms with Gasteiger partial charge in [-0.15, -0.1) is 11.3 Å². The molecule has 0 aliphatic carbocycles. The predicted octanol–water partition coefficient (Wildman–Crippen LogP) is 6.86. The zero-order valence-corrected chi connectivity index (χ0v) is 29.9. The van der Waals surface area contributed by atoms with Crippen molar-refractivity contribution in [1.29, 1.82) is 5.26 Å². The molecule has 2 aromatic heterocycles. The molecule has 256 valence electrons. The molecule has 1 atom stereocenters. The normalized spacial score (nSPS) is 17.5. The number of aliphatic carboxylic acids is 1. The molecular formula is C39H40N6O4S. The molecule has 10 nitrogen and oxygen atoms in total. The van der Waals surface area contributed by atoms with Gasteiger partial charge in [-0.3, -0.25) is 19.4 Å². The summed E-state index contributed by atoms with van der Waals surface area (Å²) < 4.78 is 6.28. The van der Waals surface area contributed by atoms with Gasteiger partial charge in [0.1, 0.15) is 16.6 Å². The van der Waals surface area contributed by atoms with E-state index < -0.39 is 11.4 Å². The molecule has 5 aromatic rings. The SMILES string of the molecule is CCN(C)CC(=O)N1Cc2nc(-c3cccc(-c4cccc(-c5nc6cc(CN7CCC(C)(C(=O)O)C7)cc(C#N)c6o5)c4C)c3C)sc2C1. The summed E-state index contributed by atoms with van der Waals surface area (Å²) in [6.45, 7) is 12.1. The maximum Gasteiger partial charge on any atom is 0.310 e. The van der Waals surface area contributed by atoms with E-state index in [2.05, 4.69) is 49.1 Å². The van der Waals surface area contributed by atoms with Crippen LogP contribution in [0.4, 0.5) is 0 Å². The lowest BCUT2D eigenvalue weighted by Crippen LogP contribution is -2.35. The van der Waals surface area contributed by atoms with Gasteiger partial charge in [0.15, 0.2) is 5.58 Å². The van der Waals surface area contributed by atoms with Crippen molar-refractivity contribution < 1.29 is 19.1 Å². The van der Waals surface area contributed by atoms with Crippen molar-refractivity contribution in [2.75, 3.05) is 33.2 Å². The number of nitriles is 1. The van der Waals surface area contributed by atoms with Crippen molar-refractivity contribution in [3.63, 3.8) is 0 Å². The van der Waals surface area contributed by atoms with Gasteiger partial charge in [-0.25, -0.2) is 9.97 Å². The fourth-order valence-electron chi connectivity index (χ4n) is 7.10. The summed E-state index contributed by atoms with van der Waals surface area (Å²) in [5.74, 6) is -0.204. The number of amides is 1. The number of hydrogen-bond donors (Lipinski definition) is 1. The van der Waals surface area contributed by atoms with E-state index >= 15 is 0 Å². The number of oxazole rings is 1. The monoisotopic (exact) mass is 688 g/mol. The van der Waals surface area contributed by atoms with E-state index in [0.717, 1.165) is 61.1 Å². The highest BCUT2D eigenvalue weighted by Crippen LogP contribution is 2.40. The first-order valence-corrected chi connectivity index (χ1v) is 17.7. The molecule has 50 heavy (non-hydrogen) atoms. The Morgan fingerprint density at radius 2 is 1.76 bits per heavy atom. The van der Waals surface area contributed by atoms with Crippen LogP contribution in [-0.2, 0) is 29.2 Å². The largest absolute Gasteiger partial charge is 0.481 e. The maximum atomic E-state index is 12.8. The standard InChI is InChI=1S/C39H40N6O4S/c1-6-43(5)21-34(46)45-19-32-33(20-45)50-37(42-32)30-12-8-10-28(24(30)3)27-9-7-11-29(23(27)2)36-41-31-16-25(15-26(17-40)35(31)49-36)18-44-14-13-39(4,22-44)38(47)48/h7-12,15-16H,6,13-14,18-22H2,1-5H3,(H,47,48). The molecule has 2 aliphatic heterocycles. The van der Waals surface area contributed by atoms with E-state index in [1.54, 1.807) is 18.3 Å². The van der Waals surface area contributed by atoms with Crippen molar-refractivity contribution in [3.8, 4) is 39.2 Å². The van der Waals surface area contributed by atoms with Gasteiger partial charge in [0.05, 0.1) is 36.3 Å². The van der Waals surface area contributed by atoms with Crippen molar-refractivity contribution in [1.82, 2.24) is 24.7 Å². The van der Waals surface area contributed by atoms with Crippen LogP contribution in [-0.4, -0.2) is 74.9 Å². The third-order valence-corrected chi connectivity index (χ3v) is 11.4. The number of fused-ring (bicyclic) bond motifs is 2. The van der Waals surface area contributed by atoms with E-state index in [1.165, 1.54) is 0 Å². The lowest BCUT2D eigenvalue weighted by molar-refractivity contribution is -0.147. The summed E-state index contributed by atoms with van der Waals surface area (Å²) in [5.41, 5.74) is 8.77. The summed E-state index contributed by atoms with van der Waals surface area (Å²) in [5, 5.41) is 20.6. The number of thiazole rings is 1. The second-order valence-corrected chi connectivity index (χ2v) is 15.0. The summed E-state index contributed by atoms with van der Waals surface area (Å²) in [4.78, 5) is 41.6. The minimum absolute atomic E-state index is 0.130. The van der Waals surface area contributed by atoms with Crippen LogP contribution in [0.2, 0.25) is 0 Å². The molecule has 1 amide bonds. The van der Waals surface area contributed by atoms with Crippen LogP contribution in [0.15, 0.2) is 52.9 Å². The molecule has 1 saturated heterocycles. The molecule has 1 unspecified atom stereocenters. The minimum atomic E-state index is -0.780. The van der Waals surface area contributed by atoms with E-state index in [1.807, 2.05) is 48.0 Å². The molecule has 0 saturated carbocycles. The number of carboxylic acids is 1. The van der Waals surface area contributed by atoms with E-state index in [0.29, 0.717) is 68.2 Å². The number of carboxylic acid groups (broad SMARTS) is 1. The zero-order chi connectivity index (χ0) is 35.3. The third kappa shape index (κ3) is 6.08. The van der Waals surface area contributed by atoms with E-state index in [4.69, 9.17) is 14.4 Å². The number of likely N-dealkylation sites (tertiary alicyclic amines) is 1. The van der Waals surface area contributed by atoms with Gasteiger partial charge in [-0.2, -0.15) is 5.26 Å². The maximum absolute atomic E-state index is 12.8. The fourth-order valence-corrected chi connectivity index (χ4v) is 8.27. The number of hydrogen-bond acceptors (Lipinski definition) is 9. The number of carbonyl (C=O) groups is 2. The summed E-state index contributed by atoms with van der Waals surface area (Å²) in [6.07, 6.45) is 0.589. The lowest BCUT2D eigenvalue weighted by Gasteiger charge is -2.20. The Labute approximate surface area is 295 Å². The van der Waals surface area contributed by atoms with Gasteiger partial charge in [0, 0.05) is 29.1 Å². The van der Waals surface area contributed by atoms with Crippen LogP contribution in [0.3, 0.4) is 0 Å². The van der Waals surface area contributed by atoms with Gasteiger partial charge >= 0.3 is 5.97 Å².